The normalized spacial score (nSPS) is 18.6. The molecule has 0 bridgehead atoms. The molecule has 0 nitrogen and oxygen atoms in total. The lowest BCUT2D eigenvalue weighted by Crippen LogP contribution is -1.79. The first-order chi connectivity index (χ1) is 17.0. The first-order valence-electron chi connectivity index (χ1n) is 9.85. The molecule has 1 aromatic heterocycles. The van der Waals surface area contributed by atoms with Crippen LogP contribution in [-0.4, -0.2) is 37.5 Å². The Bertz CT molecular complexity index is 1110. The van der Waals surface area contributed by atoms with E-state index in [1.54, 1.807) is 0 Å². The minimum atomic E-state index is 1.32. The molecule has 0 fully saturated rings. The fraction of sp³-hybridized carbons (Fsp3) is 0.273. The Labute approximate surface area is 264 Å². The van der Waals surface area contributed by atoms with Gasteiger partial charge in [0.2, 0.25) is 0 Å². The third kappa shape index (κ3) is 7.55. The van der Waals surface area contributed by atoms with Crippen molar-refractivity contribution in [2.24, 2.45) is 0 Å². The summed E-state index contributed by atoms with van der Waals surface area (Å²) in [5.41, 5.74) is 1.36. The third-order valence-electron chi connectivity index (χ3n) is 4.39. The Morgan fingerprint density at radius 2 is 1.00 bits per heavy atom. The maximum atomic E-state index is 2.44. The first kappa shape index (κ1) is 30.3. The van der Waals surface area contributed by atoms with Crippen LogP contribution in [0.15, 0.2) is 56.3 Å². The summed E-state index contributed by atoms with van der Waals surface area (Å²) in [6, 6.07) is 4.61. The molecule has 0 atom stereocenters. The van der Waals surface area contributed by atoms with Gasteiger partial charge in [-0.15, -0.1) is 81.9 Å². The Hall–Kier alpha value is 2.34. The van der Waals surface area contributed by atoms with Gasteiger partial charge in [0.25, 0.3) is 0 Å². The van der Waals surface area contributed by atoms with Crippen LogP contribution in [0.1, 0.15) is 9.75 Å². The highest BCUT2D eigenvalue weighted by Gasteiger charge is 2.26. The molecular weight excluding hydrogens is 681 g/mol. The van der Waals surface area contributed by atoms with Crippen LogP contribution in [0.2, 0.25) is 0 Å². The zero-order chi connectivity index (χ0) is 24.9. The van der Waals surface area contributed by atoms with Crippen LogP contribution in [0, 0.1) is 0 Å². The molecule has 4 heterocycles. The molecule has 3 aliphatic rings. The summed E-state index contributed by atoms with van der Waals surface area (Å²) in [6.07, 6.45) is 17.9. The Morgan fingerprint density at radius 1 is 0.571 bits per heavy atom. The van der Waals surface area contributed by atoms with Crippen molar-refractivity contribution < 1.29 is 0 Å². The molecule has 0 saturated heterocycles. The summed E-state index contributed by atoms with van der Waals surface area (Å²) in [6.45, 7) is 0. The highest BCUT2D eigenvalue weighted by molar-refractivity contribution is 8.42. The largest absolute Gasteiger partial charge is 0.136 e. The average Bonchev–Trinajstić information content (AvgIpc) is 3.67. The first-order valence-corrected chi connectivity index (χ1v) is 22.9. The molecule has 0 radical (unpaired) electrons. The van der Waals surface area contributed by atoms with E-state index in [4.69, 9.17) is 0 Å². The summed E-state index contributed by atoms with van der Waals surface area (Å²) in [7, 11) is 0. The number of hydrogen-bond acceptors (Lipinski definition) is 13. The summed E-state index contributed by atoms with van der Waals surface area (Å²) in [5.74, 6) is 0. The minimum Gasteiger partial charge on any atom is -0.136 e. The van der Waals surface area contributed by atoms with E-state index in [9.17, 15) is 0 Å². The fourth-order valence-electron chi connectivity index (χ4n) is 2.86. The SMILES string of the molecule is CSC1=C(SC)SC(=CC(=C2SC(SC)=C(SC)S2)c2ccc(C=C3SC(SC)=C(SC)S3)s2)S1. The predicted molar refractivity (Wildman–Crippen MR) is 195 cm³/mol. The molecule has 0 N–H and O–H groups in total. The Balaban J connectivity index is 1.65. The van der Waals surface area contributed by atoms with E-state index in [0.717, 1.165) is 0 Å². The lowest BCUT2D eigenvalue weighted by Gasteiger charge is -2.06. The predicted octanol–water partition coefficient (Wildman–Crippen LogP) is 12.6. The molecule has 0 unspecified atom stereocenters. The van der Waals surface area contributed by atoms with Gasteiger partial charge in [-0.3, -0.25) is 0 Å². The van der Waals surface area contributed by atoms with Gasteiger partial charge in [0, 0.05) is 15.3 Å². The smallest absolute Gasteiger partial charge is 0.0657 e. The van der Waals surface area contributed by atoms with Crippen molar-refractivity contribution in [2.75, 3.05) is 37.5 Å². The molecule has 0 aromatic carbocycles. The summed E-state index contributed by atoms with van der Waals surface area (Å²) in [4.78, 5) is 2.67. The Kier molecular flexibility index (Phi) is 12.8. The van der Waals surface area contributed by atoms with E-state index >= 15 is 0 Å². The van der Waals surface area contributed by atoms with E-state index < -0.39 is 0 Å². The second-order valence-electron chi connectivity index (χ2n) is 6.39. The average molecular weight is 703 g/mol. The van der Waals surface area contributed by atoms with E-state index in [-0.39, 0.29) is 0 Å². The molecule has 0 aliphatic carbocycles. The van der Waals surface area contributed by atoms with Gasteiger partial charge < -0.3 is 0 Å². The number of thioether (sulfide) groups is 12. The number of rotatable bonds is 9. The van der Waals surface area contributed by atoms with Crippen LogP contribution in [0.4, 0.5) is 0 Å². The van der Waals surface area contributed by atoms with Gasteiger partial charge in [0.1, 0.15) is 0 Å². The van der Waals surface area contributed by atoms with Crippen molar-refractivity contribution in [2.45, 2.75) is 0 Å². The zero-order valence-electron chi connectivity index (χ0n) is 19.6. The van der Waals surface area contributed by atoms with Crippen molar-refractivity contribution in [3.05, 3.63) is 66.1 Å². The second-order valence-corrected chi connectivity index (χ2v) is 21.0. The maximum absolute atomic E-state index is 2.44. The zero-order valence-corrected chi connectivity index (χ0v) is 30.2. The summed E-state index contributed by atoms with van der Waals surface area (Å²) < 4.78 is 12.7. The molecule has 0 spiro atoms. The molecule has 4 rings (SSSR count). The van der Waals surface area contributed by atoms with Crippen molar-refractivity contribution in [3.63, 3.8) is 0 Å². The van der Waals surface area contributed by atoms with E-state index in [1.165, 1.54) is 53.5 Å². The number of hydrogen-bond donors (Lipinski definition) is 0. The summed E-state index contributed by atoms with van der Waals surface area (Å²) in [5, 5.41) is 0. The topological polar surface area (TPSA) is 0 Å². The van der Waals surface area contributed by atoms with E-state index in [2.05, 4.69) is 61.8 Å². The standard InChI is InChI=1S/C22H22S13/c1-23-17-18(24-2)31-14(30-17)9-11-7-8-13(29-11)12(16-34-21(27-5)22(28-6)35-16)10-15-32-19(25-3)20(26-4)33-15/h7-10H,1-6H3. The maximum Gasteiger partial charge on any atom is 0.0657 e. The highest BCUT2D eigenvalue weighted by atomic mass is 32.3. The lowest BCUT2D eigenvalue weighted by atomic mass is 10.2. The molecule has 0 amide bonds. The van der Waals surface area contributed by atoms with Gasteiger partial charge in [0.15, 0.2) is 0 Å². The molecule has 13 heteroatoms. The van der Waals surface area contributed by atoms with Gasteiger partial charge in [-0.2, -0.15) is 0 Å². The van der Waals surface area contributed by atoms with Crippen molar-refractivity contribution in [1.29, 1.82) is 0 Å². The van der Waals surface area contributed by atoms with Crippen LogP contribution in [0.3, 0.4) is 0 Å². The van der Waals surface area contributed by atoms with E-state index in [1.807, 2.05) is 152 Å². The van der Waals surface area contributed by atoms with Crippen molar-refractivity contribution in [3.8, 4) is 0 Å². The molecule has 35 heavy (non-hydrogen) atoms. The van der Waals surface area contributed by atoms with Gasteiger partial charge in [-0.05, 0) is 61.8 Å². The monoisotopic (exact) mass is 702 g/mol. The molecule has 1 aromatic rings. The molecule has 0 saturated carbocycles. The minimum absolute atomic E-state index is 1.32. The fourth-order valence-corrected chi connectivity index (χ4v) is 19.0. The number of thiophene rings is 1. The van der Waals surface area contributed by atoms with Crippen LogP contribution in [-0.2, 0) is 0 Å². The Morgan fingerprint density at radius 3 is 1.46 bits per heavy atom. The lowest BCUT2D eigenvalue weighted by molar-refractivity contribution is 1.85. The molecular formula is C22H22S13. The molecule has 188 valence electrons. The second kappa shape index (κ2) is 14.8. The van der Waals surface area contributed by atoms with Crippen LogP contribution in [0.25, 0.3) is 11.6 Å². The van der Waals surface area contributed by atoms with Crippen molar-refractivity contribution in [1.82, 2.24) is 0 Å². The quantitative estimate of drug-likeness (QED) is 0.240. The van der Waals surface area contributed by atoms with Crippen LogP contribution < -0.4 is 0 Å². The van der Waals surface area contributed by atoms with Gasteiger partial charge >= 0.3 is 0 Å². The van der Waals surface area contributed by atoms with Gasteiger partial charge in [-0.25, -0.2) is 0 Å². The summed E-state index contributed by atoms with van der Waals surface area (Å²) >= 11 is 24.6. The van der Waals surface area contributed by atoms with Crippen LogP contribution in [0.5, 0.6) is 0 Å². The van der Waals surface area contributed by atoms with Crippen molar-refractivity contribution >= 4 is 164 Å². The highest BCUT2D eigenvalue weighted by Crippen LogP contribution is 2.61. The molecule has 3 aliphatic heterocycles. The van der Waals surface area contributed by atoms with Gasteiger partial charge in [0.05, 0.1) is 38.1 Å². The van der Waals surface area contributed by atoms with Crippen LogP contribution >= 0.6 is 152 Å². The van der Waals surface area contributed by atoms with Gasteiger partial charge in [-0.1, -0.05) is 70.6 Å². The van der Waals surface area contributed by atoms with E-state index in [0.29, 0.717) is 0 Å². The third-order valence-corrected chi connectivity index (χ3v) is 20.9. The number of allylic oxidation sites excluding steroid dienone is 2.